The fourth-order valence-corrected chi connectivity index (χ4v) is 1.64. The molecule has 8 heteroatoms. The van der Waals surface area contributed by atoms with Gasteiger partial charge < -0.3 is 15.6 Å². The number of hydrogen-bond donors (Lipinski definition) is 2. The molecule has 0 aliphatic heterocycles. The SMILES string of the molecule is Cc1cc(CNC(=O)c2ccc([N+](=O)[O-])c(N)c2)no1. The third-order valence-electron chi connectivity index (χ3n) is 2.59. The first-order valence-electron chi connectivity index (χ1n) is 5.71. The number of anilines is 1. The maximum Gasteiger partial charge on any atom is 0.292 e. The molecule has 1 aromatic carbocycles. The smallest absolute Gasteiger partial charge is 0.292 e. The second-order valence-electron chi connectivity index (χ2n) is 4.14. The molecule has 0 saturated heterocycles. The number of hydrogen-bond acceptors (Lipinski definition) is 6. The van der Waals surface area contributed by atoms with Crippen LogP contribution in [0, 0.1) is 17.0 Å². The highest BCUT2D eigenvalue weighted by Gasteiger charge is 2.14. The number of benzene rings is 1. The average Bonchev–Trinajstić information content (AvgIpc) is 2.81. The molecule has 1 amide bonds. The number of nitro benzene ring substituents is 1. The summed E-state index contributed by atoms with van der Waals surface area (Å²) in [6.07, 6.45) is 0. The first-order chi connectivity index (χ1) is 9.47. The lowest BCUT2D eigenvalue weighted by atomic mass is 10.1. The van der Waals surface area contributed by atoms with Gasteiger partial charge in [0.1, 0.15) is 17.1 Å². The first-order valence-corrected chi connectivity index (χ1v) is 5.71. The van der Waals surface area contributed by atoms with E-state index in [0.717, 1.165) is 0 Å². The van der Waals surface area contributed by atoms with Crippen molar-refractivity contribution in [3.63, 3.8) is 0 Å². The van der Waals surface area contributed by atoms with Gasteiger partial charge in [0.15, 0.2) is 0 Å². The molecular weight excluding hydrogens is 264 g/mol. The van der Waals surface area contributed by atoms with Crippen LogP contribution < -0.4 is 11.1 Å². The minimum atomic E-state index is -0.602. The van der Waals surface area contributed by atoms with Crippen molar-refractivity contribution in [3.05, 3.63) is 51.4 Å². The summed E-state index contributed by atoms with van der Waals surface area (Å²) in [5.74, 6) is 0.251. The van der Waals surface area contributed by atoms with Crippen molar-refractivity contribution in [2.75, 3.05) is 5.73 Å². The van der Waals surface area contributed by atoms with Gasteiger partial charge in [-0.05, 0) is 19.1 Å². The lowest BCUT2D eigenvalue weighted by Gasteiger charge is -2.04. The second-order valence-corrected chi connectivity index (χ2v) is 4.14. The van der Waals surface area contributed by atoms with Gasteiger partial charge in [0, 0.05) is 17.7 Å². The predicted molar refractivity (Wildman–Crippen MR) is 69.9 cm³/mol. The van der Waals surface area contributed by atoms with Gasteiger partial charge in [-0.1, -0.05) is 5.16 Å². The largest absolute Gasteiger partial charge is 0.393 e. The summed E-state index contributed by atoms with van der Waals surface area (Å²) in [5.41, 5.74) is 6.07. The molecule has 0 saturated carbocycles. The summed E-state index contributed by atoms with van der Waals surface area (Å²) >= 11 is 0. The van der Waals surface area contributed by atoms with Crippen LogP contribution >= 0.6 is 0 Å². The minimum absolute atomic E-state index is 0.0556. The molecule has 2 aromatic rings. The number of nitrogens with zero attached hydrogens (tertiary/aromatic N) is 2. The molecule has 0 fully saturated rings. The van der Waals surface area contributed by atoms with Gasteiger partial charge in [-0.3, -0.25) is 14.9 Å². The van der Waals surface area contributed by atoms with E-state index in [9.17, 15) is 14.9 Å². The molecule has 0 unspecified atom stereocenters. The number of rotatable bonds is 4. The Morgan fingerprint density at radius 2 is 2.25 bits per heavy atom. The average molecular weight is 276 g/mol. The van der Waals surface area contributed by atoms with Crippen molar-refractivity contribution in [1.29, 1.82) is 0 Å². The zero-order valence-corrected chi connectivity index (χ0v) is 10.6. The Morgan fingerprint density at radius 1 is 1.50 bits per heavy atom. The molecule has 3 N–H and O–H groups in total. The standard InChI is InChI=1S/C12H12N4O4/c1-7-4-9(15-20-7)6-14-12(17)8-2-3-11(16(18)19)10(13)5-8/h2-5H,6,13H2,1H3,(H,14,17). The topological polar surface area (TPSA) is 124 Å². The maximum atomic E-state index is 11.9. The van der Waals surface area contributed by atoms with Crippen molar-refractivity contribution in [2.45, 2.75) is 13.5 Å². The van der Waals surface area contributed by atoms with E-state index in [4.69, 9.17) is 10.3 Å². The molecule has 104 valence electrons. The Hall–Kier alpha value is -2.90. The molecule has 0 aliphatic rings. The van der Waals surface area contributed by atoms with Crippen LogP contribution in [0.5, 0.6) is 0 Å². The monoisotopic (exact) mass is 276 g/mol. The number of nitrogens with one attached hydrogen (secondary N) is 1. The van der Waals surface area contributed by atoms with Gasteiger partial charge in [-0.25, -0.2) is 0 Å². The summed E-state index contributed by atoms with van der Waals surface area (Å²) in [6.45, 7) is 1.95. The number of aromatic nitrogens is 1. The van der Waals surface area contributed by atoms with Crippen LogP contribution in [0.15, 0.2) is 28.8 Å². The van der Waals surface area contributed by atoms with Crippen molar-refractivity contribution >= 4 is 17.3 Å². The highest BCUT2D eigenvalue weighted by atomic mass is 16.6. The fraction of sp³-hybridized carbons (Fsp3) is 0.167. The molecule has 0 aliphatic carbocycles. The Morgan fingerprint density at radius 3 is 2.80 bits per heavy atom. The van der Waals surface area contributed by atoms with Crippen molar-refractivity contribution in [1.82, 2.24) is 10.5 Å². The van der Waals surface area contributed by atoms with Crippen LogP contribution in [-0.2, 0) is 6.54 Å². The molecule has 0 bridgehead atoms. The molecule has 8 nitrogen and oxygen atoms in total. The molecule has 1 aromatic heterocycles. The van der Waals surface area contributed by atoms with E-state index in [1.165, 1.54) is 18.2 Å². The quantitative estimate of drug-likeness (QED) is 0.494. The van der Waals surface area contributed by atoms with Crippen molar-refractivity contribution in [3.8, 4) is 0 Å². The van der Waals surface area contributed by atoms with Crippen LogP contribution in [0.4, 0.5) is 11.4 Å². The summed E-state index contributed by atoms with van der Waals surface area (Å²) in [7, 11) is 0. The van der Waals surface area contributed by atoms with E-state index in [0.29, 0.717) is 11.5 Å². The molecule has 0 atom stereocenters. The summed E-state index contributed by atoms with van der Waals surface area (Å²) < 4.78 is 4.87. The summed E-state index contributed by atoms with van der Waals surface area (Å²) in [6, 6.07) is 5.51. The van der Waals surface area contributed by atoms with Gasteiger partial charge in [-0.15, -0.1) is 0 Å². The fourth-order valence-electron chi connectivity index (χ4n) is 1.64. The zero-order valence-electron chi connectivity index (χ0n) is 10.6. The third-order valence-corrected chi connectivity index (χ3v) is 2.59. The first kappa shape index (κ1) is 13.5. The van der Waals surface area contributed by atoms with Crippen molar-refractivity contribution in [2.24, 2.45) is 0 Å². The third kappa shape index (κ3) is 2.91. The number of aryl methyl sites for hydroxylation is 1. The van der Waals surface area contributed by atoms with Gasteiger partial charge >= 0.3 is 0 Å². The van der Waals surface area contributed by atoms with E-state index in [2.05, 4.69) is 10.5 Å². The molecule has 1 heterocycles. The van der Waals surface area contributed by atoms with E-state index < -0.39 is 10.8 Å². The number of carbonyl (C=O) groups excluding carboxylic acids is 1. The van der Waals surface area contributed by atoms with Crippen LogP contribution in [0.25, 0.3) is 0 Å². The Labute approximate surface area is 113 Å². The number of amides is 1. The van der Waals surface area contributed by atoms with Crippen LogP contribution in [-0.4, -0.2) is 16.0 Å². The van der Waals surface area contributed by atoms with E-state index in [1.54, 1.807) is 13.0 Å². The molecule has 2 rings (SSSR count). The molecular formula is C12H12N4O4. The normalized spacial score (nSPS) is 10.2. The van der Waals surface area contributed by atoms with Gasteiger partial charge in [-0.2, -0.15) is 0 Å². The molecule has 0 spiro atoms. The minimum Gasteiger partial charge on any atom is -0.393 e. The number of nitrogens with two attached hydrogens (primary N) is 1. The highest BCUT2D eigenvalue weighted by molar-refractivity contribution is 5.95. The summed E-state index contributed by atoms with van der Waals surface area (Å²) in [5, 5.41) is 17.0. The Bertz CT molecular complexity index is 665. The predicted octanol–water partition coefficient (Wildman–Crippen LogP) is 1.40. The highest BCUT2D eigenvalue weighted by Crippen LogP contribution is 2.21. The number of carbonyl (C=O) groups is 1. The zero-order chi connectivity index (χ0) is 14.7. The Kier molecular flexibility index (Phi) is 3.65. The molecule has 20 heavy (non-hydrogen) atoms. The van der Waals surface area contributed by atoms with Gasteiger partial charge in [0.25, 0.3) is 11.6 Å². The van der Waals surface area contributed by atoms with Crippen LogP contribution in [0.3, 0.4) is 0 Å². The van der Waals surface area contributed by atoms with Gasteiger partial charge in [0.2, 0.25) is 0 Å². The van der Waals surface area contributed by atoms with E-state index >= 15 is 0 Å². The van der Waals surface area contributed by atoms with Crippen LogP contribution in [0.1, 0.15) is 21.8 Å². The van der Waals surface area contributed by atoms with Gasteiger partial charge in [0.05, 0.1) is 11.5 Å². The molecule has 0 radical (unpaired) electrons. The number of nitro groups is 1. The van der Waals surface area contributed by atoms with Crippen molar-refractivity contribution < 1.29 is 14.2 Å². The lowest BCUT2D eigenvalue weighted by molar-refractivity contribution is -0.383. The van der Waals surface area contributed by atoms with Crippen LogP contribution in [0.2, 0.25) is 0 Å². The van der Waals surface area contributed by atoms with E-state index in [-0.39, 0.29) is 23.5 Å². The lowest BCUT2D eigenvalue weighted by Crippen LogP contribution is -2.23. The number of nitrogen functional groups attached to an aromatic ring is 1. The van der Waals surface area contributed by atoms with E-state index in [1.807, 2.05) is 0 Å². The maximum absolute atomic E-state index is 11.9. The summed E-state index contributed by atoms with van der Waals surface area (Å²) in [4.78, 5) is 21.9. The Balaban J connectivity index is 2.06. The second kappa shape index (κ2) is 5.39.